The largest absolute Gasteiger partial charge is 0.481 e. The Labute approximate surface area is 87.1 Å². The van der Waals surface area contributed by atoms with Crippen molar-refractivity contribution in [3.8, 4) is 0 Å². The van der Waals surface area contributed by atoms with Gasteiger partial charge in [0.05, 0.1) is 5.69 Å². The first-order valence-corrected chi connectivity index (χ1v) is 4.63. The van der Waals surface area contributed by atoms with E-state index in [-0.39, 0.29) is 11.7 Å². The monoisotopic (exact) mass is 215 g/mol. The van der Waals surface area contributed by atoms with E-state index in [9.17, 15) is 9.18 Å². The third kappa shape index (κ3) is 2.34. The van der Waals surface area contributed by atoms with Crippen molar-refractivity contribution in [2.75, 3.05) is 0 Å². The Morgan fingerprint density at radius 1 is 1.60 bits per heavy atom. The number of hydrogen-bond acceptors (Lipinski definition) is 3. The highest BCUT2D eigenvalue weighted by Gasteiger charge is 2.30. The summed E-state index contributed by atoms with van der Waals surface area (Å²) in [6, 6.07) is 0. The summed E-state index contributed by atoms with van der Waals surface area (Å²) in [6.45, 7) is 5.73. The SMILES string of the molecule is Cc1nc(C(C)C(=O)O)oc1C(C)(C)F. The van der Waals surface area contributed by atoms with E-state index in [1.165, 1.54) is 20.8 Å². The minimum Gasteiger partial charge on any atom is -0.481 e. The van der Waals surface area contributed by atoms with Crippen LogP contribution in [-0.4, -0.2) is 16.1 Å². The van der Waals surface area contributed by atoms with Crippen LogP contribution in [0.2, 0.25) is 0 Å². The predicted octanol–water partition coefficient (Wildman–Crippen LogP) is 2.38. The van der Waals surface area contributed by atoms with Gasteiger partial charge in [-0.1, -0.05) is 0 Å². The van der Waals surface area contributed by atoms with E-state index >= 15 is 0 Å². The smallest absolute Gasteiger partial charge is 0.315 e. The van der Waals surface area contributed by atoms with Crippen LogP contribution in [0, 0.1) is 6.92 Å². The van der Waals surface area contributed by atoms with Crippen LogP contribution < -0.4 is 0 Å². The molecule has 0 aliphatic rings. The molecule has 1 aromatic rings. The number of hydrogen-bond donors (Lipinski definition) is 1. The maximum absolute atomic E-state index is 13.6. The van der Waals surface area contributed by atoms with Crippen molar-refractivity contribution >= 4 is 5.97 Å². The van der Waals surface area contributed by atoms with E-state index in [0.29, 0.717) is 5.69 Å². The van der Waals surface area contributed by atoms with Crippen LogP contribution in [0.25, 0.3) is 0 Å². The summed E-state index contributed by atoms with van der Waals surface area (Å²) in [5.41, 5.74) is -1.25. The van der Waals surface area contributed by atoms with Gasteiger partial charge in [0, 0.05) is 0 Å². The topological polar surface area (TPSA) is 63.3 Å². The van der Waals surface area contributed by atoms with Crippen LogP contribution in [0.4, 0.5) is 4.39 Å². The summed E-state index contributed by atoms with van der Waals surface area (Å²) in [5.74, 6) is -1.77. The Balaban J connectivity index is 3.11. The zero-order chi connectivity index (χ0) is 11.8. The summed E-state index contributed by atoms with van der Waals surface area (Å²) in [5, 5.41) is 8.74. The molecule has 0 bridgehead atoms. The average molecular weight is 215 g/mol. The fourth-order valence-electron chi connectivity index (χ4n) is 1.26. The molecule has 5 heteroatoms. The van der Waals surface area contributed by atoms with Gasteiger partial charge in [-0.3, -0.25) is 4.79 Å². The lowest BCUT2D eigenvalue weighted by atomic mass is 10.1. The van der Waals surface area contributed by atoms with Crippen molar-refractivity contribution in [3.63, 3.8) is 0 Å². The third-order valence-corrected chi connectivity index (χ3v) is 2.09. The maximum atomic E-state index is 13.6. The van der Waals surface area contributed by atoms with Gasteiger partial charge < -0.3 is 9.52 Å². The fourth-order valence-corrected chi connectivity index (χ4v) is 1.26. The van der Waals surface area contributed by atoms with Gasteiger partial charge >= 0.3 is 5.97 Å². The Morgan fingerprint density at radius 3 is 2.47 bits per heavy atom. The predicted molar refractivity (Wildman–Crippen MR) is 51.4 cm³/mol. The van der Waals surface area contributed by atoms with Gasteiger partial charge in [0.25, 0.3) is 0 Å². The minimum absolute atomic E-state index is 0.0423. The summed E-state index contributed by atoms with van der Waals surface area (Å²) < 4.78 is 18.7. The molecule has 1 heterocycles. The van der Waals surface area contributed by atoms with E-state index in [1.807, 2.05) is 0 Å². The van der Waals surface area contributed by atoms with E-state index in [4.69, 9.17) is 9.52 Å². The lowest BCUT2D eigenvalue weighted by Crippen LogP contribution is -2.09. The van der Waals surface area contributed by atoms with E-state index in [0.717, 1.165) is 0 Å². The second-order valence-corrected chi connectivity index (χ2v) is 4.00. The number of oxazole rings is 1. The number of aromatic nitrogens is 1. The van der Waals surface area contributed by atoms with Gasteiger partial charge in [-0.2, -0.15) is 0 Å². The average Bonchev–Trinajstić information content (AvgIpc) is 2.44. The molecule has 0 spiro atoms. The number of aliphatic carboxylic acids is 1. The molecule has 84 valence electrons. The first-order valence-electron chi connectivity index (χ1n) is 4.63. The van der Waals surface area contributed by atoms with Crippen molar-refractivity contribution in [2.24, 2.45) is 0 Å². The molecule has 1 aromatic heterocycles. The van der Waals surface area contributed by atoms with Crippen LogP contribution in [0.15, 0.2) is 4.42 Å². The molecule has 1 atom stereocenters. The second-order valence-electron chi connectivity index (χ2n) is 4.00. The molecule has 0 aliphatic heterocycles. The third-order valence-electron chi connectivity index (χ3n) is 2.09. The van der Waals surface area contributed by atoms with E-state index in [2.05, 4.69) is 4.98 Å². The molecule has 0 saturated carbocycles. The van der Waals surface area contributed by atoms with Crippen molar-refractivity contribution in [1.29, 1.82) is 0 Å². The van der Waals surface area contributed by atoms with E-state index < -0.39 is 17.6 Å². The molecule has 1 rings (SSSR count). The van der Waals surface area contributed by atoms with Crippen LogP contribution in [0.1, 0.15) is 44.0 Å². The molecule has 1 unspecified atom stereocenters. The second kappa shape index (κ2) is 3.64. The fraction of sp³-hybridized carbons (Fsp3) is 0.600. The highest BCUT2D eigenvalue weighted by Crippen LogP contribution is 2.30. The maximum Gasteiger partial charge on any atom is 0.315 e. The summed E-state index contributed by atoms with van der Waals surface area (Å²) >= 11 is 0. The number of carboxylic acids is 1. The van der Waals surface area contributed by atoms with Crippen LogP contribution >= 0.6 is 0 Å². The highest BCUT2D eigenvalue weighted by molar-refractivity contribution is 5.74. The molecule has 0 radical (unpaired) electrons. The molecule has 1 N–H and O–H groups in total. The zero-order valence-electron chi connectivity index (χ0n) is 9.17. The van der Waals surface area contributed by atoms with Gasteiger partial charge in [0.15, 0.2) is 11.4 Å². The molecule has 0 saturated heterocycles. The molecule has 0 aliphatic carbocycles. The van der Waals surface area contributed by atoms with Gasteiger partial charge in [-0.15, -0.1) is 0 Å². The first-order chi connectivity index (χ1) is 6.73. The molecular formula is C10H14FNO3. The van der Waals surface area contributed by atoms with Gasteiger partial charge in [-0.25, -0.2) is 9.37 Å². The normalized spacial score (nSPS) is 13.9. The van der Waals surface area contributed by atoms with Gasteiger partial charge in [0.1, 0.15) is 5.92 Å². The van der Waals surface area contributed by atoms with Gasteiger partial charge in [0.2, 0.25) is 5.89 Å². The Hall–Kier alpha value is -1.39. The summed E-state index contributed by atoms with van der Waals surface area (Å²) in [7, 11) is 0. The van der Waals surface area contributed by atoms with E-state index in [1.54, 1.807) is 6.92 Å². The Kier molecular flexibility index (Phi) is 2.83. The number of alkyl halides is 1. The summed E-state index contributed by atoms with van der Waals surface area (Å²) in [4.78, 5) is 14.6. The van der Waals surface area contributed by atoms with Crippen molar-refractivity contribution in [2.45, 2.75) is 39.3 Å². The highest BCUT2D eigenvalue weighted by atomic mass is 19.1. The minimum atomic E-state index is -1.65. The molecule has 0 aromatic carbocycles. The van der Waals surface area contributed by atoms with Crippen LogP contribution in [0.3, 0.4) is 0 Å². The number of carbonyl (C=O) groups is 1. The Morgan fingerprint density at radius 2 is 2.13 bits per heavy atom. The lowest BCUT2D eigenvalue weighted by Gasteiger charge is -2.10. The standard InChI is InChI=1S/C10H14FNO3/c1-5(9(13)14)8-12-6(2)7(15-8)10(3,4)11/h5H,1-4H3,(H,13,14). The van der Waals surface area contributed by atoms with Crippen molar-refractivity contribution < 1.29 is 18.7 Å². The number of carboxylic acid groups (broad SMARTS) is 1. The first kappa shape index (κ1) is 11.7. The molecule has 15 heavy (non-hydrogen) atoms. The van der Waals surface area contributed by atoms with Crippen LogP contribution in [0.5, 0.6) is 0 Å². The molecule has 0 fully saturated rings. The summed E-state index contributed by atoms with van der Waals surface area (Å²) in [6.07, 6.45) is 0. The number of nitrogens with zero attached hydrogens (tertiary/aromatic N) is 1. The molecular weight excluding hydrogens is 201 g/mol. The van der Waals surface area contributed by atoms with Crippen molar-refractivity contribution in [1.82, 2.24) is 4.98 Å². The number of halogens is 1. The van der Waals surface area contributed by atoms with Gasteiger partial charge in [-0.05, 0) is 27.7 Å². The van der Waals surface area contributed by atoms with Crippen LogP contribution in [-0.2, 0) is 10.5 Å². The quantitative estimate of drug-likeness (QED) is 0.840. The van der Waals surface area contributed by atoms with Crippen molar-refractivity contribution in [3.05, 3.63) is 17.3 Å². The molecule has 0 amide bonds. The molecule has 4 nitrogen and oxygen atoms in total. The Bertz CT molecular complexity index is 379. The number of aryl methyl sites for hydroxylation is 1. The zero-order valence-corrected chi connectivity index (χ0v) is 9.17. The lowest BCUT2D eigenvalue weighted by molar-refractivity contribution is -0.138. The number of rotatable bonds is 3.